The maximum absolute atomic E-state index is 13.2. The number of rotatable bonds is 4. The van der Waals surface area contributed by atoms with Crippen LogP contribution in [0.3, 0.4) is 0 Å². The number of hydrogen-bond acceptors (Lipinski definition) is 2. The van der Waals surface area contributed by atoms with Crippen LogP contribution in [0.2, 0.25) is 0 Å². The first-order valence-corrected chi connectivity index (χ1v) is 9.34. The summed E-state index contributed by atoms with van der Waals surface area (Å²) in [5.41, 5.74) is 1.53. The van der Waals surface area contributed by atoms with Gasteiger partial charge in [-0.1, -0.05) is 44.2 Å². The average Bonchev–Trinajstić information content (AvgIpc) is 2.83. The van der Waals surface area contributed by atoms with Gasteiger partial charge in [-0.05, 0) is 35.7 Å². The van der Waals surface area contributed by atoms with Crippen LogP contribution in [-0.2, 0) is 11.3 Å². The summed E-state index contributed by atoms with van der Waals surface area (Å²) in [7, 11) is 0. The molecular formula is C22H25FN2O2. The molecule has 2 amide bonds. The number of nitrogens with zero attached hydrogens (tertiary/aromatic N) is 2. The highest BCUT2D eigenvalue weighted by Crippen LogP contribution is 2.22. The van der Waals surface area contributed by atoms with Gasteiger partial charge in [0, 0.05) is 31.6 Å². The van der Waals surface area contributed by atoms with Crippen molar-refractivity contribution in [2.24, 2.45) is 5.92 Å². The summed E-state index contributed by atoms with van der Waals surface area (Å²) < 4.78 is 13.2. The maximum Gasteiger partial charge on any atom is 0.253 e. The molecule has 0 unspecified atom stereocenters. The summed E-state index contributed by atoms with van der Waals surface area (Å²) >= 11 is 0. The fraction of sp³-hybridized carbons (Fsp3) is 0.364. The maximum atomic E-state index is 13.2. The summed E-state index contributed by atoms with van der Waals surface area (Å²) in [4.78, 5) is 29.3. The van der Waals surface area contributed by atoms with Gasteiger partial charge in [-0.15, -0.1) is 0 Å². The van der Waals surface area contributed by atoms with Crippen molar-refractivity contribution in [2.45, 2.75) is 32.9 Å². The van der Waals surface area contributed by atoms with Crippen molar-refractivity contribution >= 4 is 11.8 Å². The largest absolute Gasteiger partial charge is 0.336 e. The van der Waals surface area contributed by atoms with E-state index in [1.54, 1.807) is 29.2 Å². The lowest BCUT2D eigenvalue weighted by Gasteiger charge is -2.34. The van der Waals surface area contributed by atoms with Crippen LogP contribution in [0.1, 0.15) is 36.2 Å². The first-order chi connectivity index (χ1) is 13.0. The van der Waals surface area contributed by atoms with E-state index in [1.807, 2.05) is 23.1 Å². The first kappa shape index (κ1) is 19.1. The minimum absolute atomic E-state index is 0.0291. The quantitative estimate of drug-likeness (QED) is 0.825. The number of carbonyl (C=O) groups is 2. The van der Waals surface area contributed by atoms with E-state index in [0.717, 1.165) is 5.56 Å². The molecule has 0 aliphatic carbocycles. The molecule has 27 heavy (non-hydrogen) atoms. The van der Waals surface area contributed by atoms with Gasteiger partial charge in [-0.2, -0.15) is 0 Å². The fourth-order valence-corrected chi connectivity index (χ4v) is 3.49. The molecule has 0 aromatic heterocycles. The molecule has 1 saturated heterocycles. The van der Waals surface area contributed by atoms with E-state index in [-0.39, 0.29) is 29.6 Å². The molecular weight excluding hydrogens is 343 g/mol. The molecule has 1 fully saturated rings. The van der Waals surface area contributed by atoms with Gasteiger partial charge < -0.3 is 9.80 Å². The highest BCUT2D eigenvalue weighted by molar-refractivity contribution is 5.94. The van der Waals surface area contributed by atoms with Crippen molar-refractivity contribution in [3.8, 4) is 0 Å². The minimum atomic E-state index is -0.291. The van der Waals surface area contributed by atoms with Crippen LogP contribution >= 0.6 is 0 Å². The molecule has 0 spiro atoms. The highest BCUT2D eigenvalue weighted by atomic mass is 19.1. The zero-order valence-electron chi connectivity index (χ0n) is 15.8. The Morgan fingerprint density at radius 3 is 2.41 bits per heavy atom. The fourth-order valence-electron chi connectivity index (χ4n) is 3.49. The van der Waals surface area contributed by atoms with Crippen molar-refractivity contribution in [1.29, 1.82) is 0 Å². The summed E-state index contributed by atoms with van der Waals surface area (Å²) in [6.45, 7) is 5.46. The van der Waals surface area contributed by atoms with Crippen LogP contribution < -0.4 is 0 Å². The number of amides is 2. The van der Waals surface area contributed by atoms with E-state index in [9.17, 15) is 14.0 Å². The monoisotopic (exact) mass is 368 g/mol. The summed E-state index contributed by atoms with van der Waals surface area (Å²) in [6, 6.07) is 15.3. The Morgan fingerprint density at radius 2 is 1.78 bits per heavy atom. The predicted molar refractivity (Wildman–Crippen MR) is 103 cm³/mol. The minimum Gasteiger partial charge on any atom is -0.336 e. The van der Waals surface area contributed by atoms with Gasteiger partial charge in [-0.3, -0.25) is 9.59 Å². The second kappa shape index (κ2) is 8.33. The normalized spacial score (nSPS) is 17.9. The van der Waals surface area contributed by atoms with Gasteiger partial charge in [0.25, 0.3) is 5.91 Å². The zero-order chi connectivity index (χ0) is 19.4. The first-order valence-electron chi connectivity index (χ1n) is 9.34. The second-order valence-corrected chi connectivity index (χ2v) is 7.33. The predicted octanol–water partition coefficient (Wildman–Crippen LogP) is 3.73. The lowest BCUT2D eigenvalue weighted by Crippen LogP contribution is -2.47. The smallest absolute Gasteiger partial charge is 0.253 e. The Balaban J connectivity index is 1.82. The van der Waals surface area contributed by atoms with Crippen LogP contribution in [0.25, 0.3) is 0 Å². The Kier molecular flexibility index (Phi) is 5.89. The molecule has 0 bridgehead atoms. The van der Waals surface area contributed by atoms with Gasteiger partial charge in [-0.25, -0.2) is 4.39 Å². The van der Waals surface area contributed by atoms with Gasteiger partial charge >= 0.3 is 0 Å². The Bertz CT molecular complexity index is 790. The van der Waals surface area contributed by atoms with E-state index < -0.39 is 0 Å². The SMILES string of the molecule is CC(C)[C@@H]1CN(C(=O)c2ccccc2)CCC(=O)N1Cc1ccc(F)cc1. The third-order valence-corrected chi connectivity index (χ3v) is 5.07. The summed E-state index contributed by atoms with van der Waals surface area (Å²) in [6.07, 6.45) is 0.295. The van der Waals surface area contributed by atoms with Gasteiger partial charge in [0.15, 0.2) is 0 Å². The van der Waals surface area contributed by atoms with E-state index in [2.05, 4.69) is 13.8 Å². The van der Waals surface area contributed by atoms with Gasteiger partial charge in [0.05, 0.1) is 6.04 Å². The van der Waals surface area contributed by atoms with Crippen LogP contribution in [-0.4, -0.2) is 40.7 Å². The molecule has 0 radical (unpaired) electrons. The molecule has 2 aromatic carbocycles. The second-order valence-electron chi connectivity index (χ2n) is 7.33. The van der Waals surface area contributed by atoms with Crippen molar-refractivity contribution in [2.75, 3.05) is 13.1 Å². The van der Waals surface area contributed by atoms with E-state index in [1.165, 1.54) is 12.1 Å². The van der Waals surface area contributed by atoms with Crippen molar-refractivity contribution in [3.63, 3.8) is 0 Å². The van der Waals surface area contributed by atoms with Crippen LogP contribution in [0, 0.1) is 11.7 Å². The number of hydrogen-bond donors (Lipinski definition) is 0. The summed E-state index contributed by atoms with van der Waals surface area (Å²) in [5.74, 6) is -0.112. The standard InChI is InChI=1S/C22H25FN2O2/c1-16(2)20-15-24(22(27)18-6-4-3-5-7-18)13-12-21(26)25(20)14-17-8-10-19(23)11-9-17/h3-11,16,20H,12-15H2,1-2H3/t20-/m0/s1. The molecule has 5 heteroatoms. The molecule has 1 heterocycles. The van der Waals surface area contributed by atoms with Gasteiger partial charge in [0.2, 0.25) is 5.91 Å². The highest BCUT2D eigenvalue weighted by Gasteiger charge is 2.33. The Labute approximate surface area is 159 Å². The van der Waals surface area contributed by atoms with Crippen LogP contribution in [0.4, 0.5) is 4.39 Å². The number of halogens is 1. The average molecular weight is 368 g/mol. The Hall–Kier alpha value is -2.69. The zero-order valence-corrected chi connectivity index (χ0v) is 15.8. The number of benzene rings is 2. The molecule has 3 rings (SSSR count). The lowest BCUT2D eigenvalue weighted by molar-refractivity contribution is -0.134. The third kappa shape index (κ3) is 4.54. The van der Waals surface area contributed by atoms with E-state index in [0.29, 0.717) is 31.6 Å². The van der Waals surface area contributed by atoms with Crippen molar-refractivity contribution < 1.29 is 14.0 Å². The number of carbonyl (C=O) groups excluding carboxylic acids is 2. The van der Waals surface area contributed by atoms with Crippen LogP contribution in [0.15, 0.2) is 54.6 Å². The molecule has 0 N–H and O–H groups in total. The molecule has 1 aliphatic heterocycles. The van der Waals surface area contributed by atoms with Crippen LogP contribution in [0.5, 0.6) is 0 Å². The van der Waals surface area contributed by atoms with E-state index in [4.69, 9.17) is 0 Å². The molecule has 142 valence electrons. The van der Waals surface area contributed by atoms with Crippen molar-refractivity contribution in [1.82, 2.24) is 9.80 Å². The molecule has 2 aromatic rings. The summed E-state index contributed by atoms with van der Waals surface area (Å²) in [5, 5.41) is 0. The molecule has 1 atom stereocenters. The molecule has 4 nitrogen and oxygen atoms in total. The topological polar surface area (TPSA) is 40.6 Å². The molecule has 1 aliphatic rings. The van der Waals surface area contributed by atoms with E-state index >= 15 is 0 Å². The molecule has 0 saturated carbocycles. The lowest BCUT2D eigenvalue weighted by atomic mass is 10.0. The Morgan fingerprint density at radius 1 is 1.11 bits per heavy atom. The van der Waals surface area contributed by atoms with Crippen molar-refractivity contribution in [3.05, 3.63) is 71.5 Å². The van der Waals surface area contributed by atoms with Gasteiger partial charge in [0.1, 0.15) is 5.82 Å². The third-order valence-electron chi connectivity index (χ3n) is 5.07.